The van der Waals surface area contributed by atoms with Crippen molar-refractivity contribution in [2.24, 2.45) is 5.16 Å². The van der Waals surface area contributed by atoms with Crippen LogP contribution in [-0.4, -0.2) is 45.9 Å². The lowest BCUT2D eigenvalue weighted by atomic mass is 9.84. The molecular formula is C23H30N2O4S. The zero-order valence-electron chi connectivity index (χ0n) is 18.1. The van der Waals surface area contributed by atoms with E-state index in [-0.39, 0.29) is 16.7 Å². The van der Waals surface area contributed by atoms with Gasteiger partial charge >= 0.3 is 5.97 Å². The second kappa shape index (κ2) is 9.89. The molecule has 0 aromatic heterocycles. The van der Waals surface area contributed by atoms with E-state index >= 15 is 0 Å². The summed E-state index contributed by atoms with van der Waals surface area (Å²) < 4.78 is 0. The minimum Gasteiger partial charge on any atom is -0.507 e. The van der Waals surface area contributed by atoms with Crippen molar-refractivity contribution in [3.05, 3.63) is 53.1 Å². The largest absolute Gasteiger partial charge is 0.507 e. The molecule has 0 saturated heterocycles. The van der Waals surface area contributed by atoms with Crippen LogP contribution in [0.4, 0.5) is 5.69 Å². The maximum absolute atomic E-state index is 11.0. The third-order valence-electron chi connectivity index (χ3n) is 4.94. The number of aromatic carboxylic acids is 1. The van der Waals surface area contributed by atoms with E-state index in [1.165, 1.54) is 35.1 Å². The smallest absolute Gasteiger partial charge is 0.339 e. The predicted molar refractivity (Wildman–Crippen MR) is 123 cm³/mol. The molecule has 0 aliphatic carbocycles. The highest BCUT2D eigenvalue weighted by atomic mass is 32.2. The number of phenols is 1. The molecule has 0 spiro atoms. The van der Waals surface area contributed by atoms with E-state index in [2.05, 4.69) is 56.8 Å². The van der Waals surface area contributed by atoms with Crippen LogP contribution in [0.5, 0.6) is 5.75 Å². The van der Waals surface area contributed by atoms with Gasteiger partial charge in [0.2, 0.25) is 0 Å². The molecular weight excluding hydrogens is 400 g/mol. The lowest BCUT2D eigenvalue weighted by Gasteiger charge is -2.30. The molecule has 7 heteroatoms. The van der Waals surface area contributed by atoms with Gasteiger partial charge in [-0.15, -0.1) is 11.8 Å². The molecule has 0 unspecified atom stereocenters. The second-order valence-electron chi connectivity index (χ2n) is 7.97. The molecule has 0 fully saturated rings. The SMILES string of the molecule is CCN(CC)c1ccc(C(CSc2ccc(C(=O)O)c(O)c2)=NO)cc1C(C)(C)C. The number of nitrogens with zero attached hydrogens (tertiary/aromatic N) is 2. The Morgan fingerprint density at radius 2 is 1.77 bits per heavy atom. The van der Waals surface area contributed by atoms with Crippen LogP contribution < -0.4 is 4.90 Å². The summed E-state index contributed by atoms with van der Waals surface area (Å²) in [6.07, 6.45) is 0. The van der Waals surface area contributed by atoms with Crippen LogP contribution in [0.1, 0.15) is 56.1 Å². The quantitative estimate of drug-likeness (QED) is 0.231. The summed E-state index contributed by atoms with van der Waals surface area (Å²) in [5.41, 5.74) is 3.47. The minimum atomic E-state index is -1.18. The van der Waals surface area contributed by atoms with Gasteiger partial charge in [-0.2, -0.15) is 0 Å². The topological polar surface area (TPSA) is 93.4 Å². The molecule has 0 radical (unpaired) electrons. The van der Waals surface area contributed by atoms with Gasteiger partial charge in [0.25, 0.3) is 0 Å². The van der Waals surface area contributed by atoms with Crippen molar-refractivity contribution in [3.8, 4) is 5.75 Å². The highest BCUT2D eigenvalue weighted by Crippen LogP contribution is 2.34. The molecule has 30 heavy (non-hydrogen) atoms. The van der Waals surface area contributed by atoms with E-state index in [1.54, 1.807) is 6.07 Å². The summed E-state index contributed by atoms with van der Waals surface area (Å²) >= 11 is 1.36. The van der Waals surface area contributed by atoms with Crippen molar-refractivity contribution >= 4 is 29.1 Å². The molecule has 0 aliphatic heterocycles. The first-order valence-electron chi connectivity index (χ1n) is 9.92. The summed E-state index contributed by atoms with van der Waals surface area (Å²) in [5, 5.41) is 32.0. The van der Waals surface area contributed by atoms with Gasteiger partial charge in [0, 0.05) is 35.0 Å². The van der Waals surface area contributed by atoms with Crippen molar-refractivity contribution in [1.29, 1.82) is 0 Å². The number of carboxylic acid groups (broad SMARTS) is 1. The molecule has 2 rings (SSSR count). The number of anilines is 1. The Morgan fingerprint density at radius 1 is 1.10 bits per heavy atom. The summed E-state index contributed by atoms with van der Waals surface area (Å²) in [6.45, 7) is 12.6. The molecule has 162 valence electrons. The van der Waals surface area contributed by atoms with Crippen LogP contribution in [0, 0.1) is 0 Å². The van der Waals surface area contributed by atoms with Gasteiger partial charge in [0.05, 0.1) is 5.71 Å². The van der Waals surface area contributed by atoms with E-state index in [9.17, 15) is 15.1 Å². The van der Waals surface area contributed by atoms with Crippen LogP contribution in [-0.2, 0) is 5.41 Å². The first kappa shape index (κ1) is 23.6. The Morgan fingerprint density at radius 3 is 2.27 bits per heavy atom. The Bertz CT molecular complexity index is 931. The zero-order valence-corrected chi connectivity index (χ0v) is 19.0. The first-order chi connectivity index (χ1) is 14.1. The molecule has 2 aromatic carbocycles. The van der Waals surface area contributed by atoms with E-state index in [0.29, 0.717) is 16.4 Å². The number of benzene rings is 2. The monoisotopic (exact) mass is 430 g/mol. The molecule has 0 saturated carbocycles. The third kappa shape index (κ3) is 5.48. The summed E-state index contributed by atoms with van der Waals surface area (Å²) in [4.78, 5) is 14.0. The van der Waals surface area contributed by atoms with Crippen molar-refractivity contribution in [3.63, 3.8) is 0 Å². The predicted octanol–water partition coefficient (Wildman–Crippen LogP) is 5.20. The normalized spacial score (nSPS) is 12.1. The lowest BCUT2D eigenvalue weighted by Crippen LogP contribution is -2.26. The second-order valence-corrected chi connectivity index (χ2v) is 9.02. The number of oxime groups is 1. The Labute approximate surface area is 182 Å². The fourth-order valence-corrected chi connectivity index (χ4v) is 4.15. The highest BCUT2D eigenvalue weighted by Gasteiger charge is 2.22. The van der Waals surface area contributed by atoms with Gasteiger partial charge in [-0.25, -0.2) is 4.79 Å². The van der Waals surface area contributed by atoms with Gasteiger partial charge in [-0.3, -0.25) is 0 Å². The fourth-order valence-electron chi connectivity index (χ4n) is 3.26. The standard InChI is InChI=1S/C23H30N2O4S/c1-6-25(7-2)20-11-8-15(12-18(20)23(3,4)5)19(24-29)14-30-16-9-10-17(22(27)28)21(26)13-16/h8-13,26,29H,6-7,14H2,1-5H3,(H,27,28). The summed E-state index contributed by atoms with van der Waals surface area (Å²) in [5.74, 6) is -1.09. The first-order valence-corrected chi connectivity index (χ1v) is 10.9. The van der Waals surface area contributed by atoms with Crippen molar-refractivity contribution in [2.75, 3.05) is 23.7 Å². The fraction of sp³-hybridized carbons (Fsp3) is 0.391. The molecule has 0 aliphatic rings. The minimum absolute atomic E-state index is 0.0832. The Hall–Kier alpha value is -2.67. The van der Waals surface area contributed by atoms with Crippen LogP contribution >= 0.6 is 11.8 Å². The van der Waals surface area contributed by atoms with Crippen molar-refractivity contribution in [1.82, 2.24) is 0 Å². The number of carboxylic acids is 1. The molecule has 6 nitrogen and oxygen atoms in total. The maximum atomic E-state index is 11.0. The Kier molecular flexibility index (Phi) is 7.78. The van der Waals surface area contributed by atoms with Crippen LogP contribution in [0.2, 0.25) is 0 Å². The van der Waals surface area contributed by atoms with Crippen LogP contribution in [0.15, 0.2) is 46.4 Å². The number of rotatable bonds is 8. The van der Waals surface area contributed by atoms with E-state index < -0.39 is 5.97 Å². The average molecular weight is 431 g/mol. The van der Waals surface area contributed by atoms with E-state index in [4.69, 9.17) is 5.11 Å². The lowest BCUT2D eigenvalue weighted by molar-refractivity contribution is 0.0693. The molecule has 3 N–H and O–H groups in total. The van der Waals surface area contributed by atoms with E-state index in [1.807, 2.05) is 6.07 Å². The molecule has 0 amide bonds. The van der Waals surface area contributed by atoms with Gasteiger partial charge < -0.3 is 20.3 Å². The number of hydrogen-bond acceptors (Lipinski definition) is 6. The van der Waals surface area contributed by atoms with E-state index in [0.717, 1.165) is 18.7 Å². The van der Waals surface area contributed by atoms with Gasteiger partial charge in [0.15, 0.2) is 0 Å². The number of thioether (sulfide) groups is 1. The number of hydrogen-bond donors (Lipinski definition) is 3. The summed E-state index contributed by atoms with van der Waals surface area (Å²) in [6, 6.07) is 10.5. The van der Waals surface area contributed by atoms with Gasteiger partial charge in [-0.05, 0) is 55.2 Å². The molecule has 0 heterocycles. The third-order valence-corrected chi connectivity index (χ3v) is 5.94. The Balaban J connectivity index is 2.30. The van der Waals surface area contributed by atoms with Gasteiger partial charge in [0.1, 0.15) is 11.3 Å². The van der Waals surface area contributed by atoms with Crippen LogP contribution in [0.25, 0.3) is 0 Å². The maximum Gasteiger partial charge on any atom is 0.339 e. The van der Waals surface area contributed by atoms with Crippen molar-refractivity contribution in [2.45, 2.75) is 44.9 Å². The summed E-state index contributed by atoms with van der Waals surface area (Å²) in [7, 11) is 0. The molecule has 0 atom stereocenters. The average Bonchev–Trinajstić information content (AvgIpc) is 2.69. The van der Waals surface area contributed by atoms with Crippen molar-refractivity contribution < 1.29 is 20.2 Å². The number of aromatic hydroxyl groups is 1. The molecule has 2 aromatic rings. The van der Waals surface area contributed by atoms with Crippen LogP contribution in [0.3, 0.4) is 0 Å². The van der Waals surface area contributed by atoms with Gasteiger partial charge in [-0.1, -0.05) is 32.0 Å². The number of carbonyl (C=O) groups is 1. The molecule has 0 bridgehead atoms. The zero-order chi connectivity index (χ0) is 22.5. The highest BCUT2D eigenvalue weighted by molar-refractivity contribution is 8.00.